The lowest BCUT2D eigenvalue weighted by Crippen LogP contribution is -2.32. The summed E-state index contributed by atoms with van der Waals surface area (Å²) in [5.74, 6) is -1.11. The van der Waals surface area contributed by atoms with E-state index in [4.69, 9.17) is 4.74 Å². The zero-order valence-electron chi connectivity index (χ0n) is 20.6. The minimum Gasteiger partial charge on any atom is -0.489 e. The number of benzene rings is 3. The van der Waals surface area contributed by atoms with E-state index in [0.29, 0.717) is 23.1 Å². The second kappa shape index (κ2) is 9.87. The summed E-state index contributed by atoms with van der Waals surface area (Å²) in [4.78, 5) is 44.9. The number of anilines is 1. The summed E-state index contributed by atoms with van der Waals surface area (Å²) < 4.78 is 7.14. The number of hydrogen-bond acceptors (Lipinski definition) is 6. The Morgan fingerprint density at radius 1 is 0.947 bits per heavy atom. The Balaban J connectivity index is 1.45. The van der Waals surface area contributed by atoms with Crippen LogP contribution in [0.1, 0.15) is 33.0 Å². The molecule has 3 aromatic carbocycles. The summed E-state index contributed by atoms with van der Waals surface area (Å²) in [5.41, 5.74) is 4.54. The van der Waals surface area contributed by atoms with Crippen LogP contribution in [0.15, 0.2) is 81.0 Å². The lowest BCUT2D eigenvalue weighted by Gasteiger charge is -2.31. The molecule has 1 aromatic heterocycles. The van der Waals surface area contributed by atoms with Gasteiger partial charge in [-0.15, -0.1) is 0 Å². The number of amides is 2. The molecule has 0 radical (unpaired) electrons. The molecular formula is C29H23BrN2O4S2. The zero-order valence-corrected chi connectivity index (χ0v) is 23.8. The fourth-order valence-electron chi connectivity index (χ4n) is 5.16. The van der Waals surface area contributed by atoms with Gasteiger partial charge in [-0.05, 0) is 49.7 Å². The number of carbonyl (C=O) groups is 2. The summed E-state index contributed by atoms with van der Waals surface area (Å²) in [7, 11) is 0. The second-order valence-electron chi connectivity index (χ2n) is 9.56. The smallest absolute Gasteiger partial charge is 0.305 e. The molecule has 2 amide bonds. The Morgan fingerprint density at radius 3 is 2.50 bits per heavy atom. The molecule has 3 heterocycles. The number of aryl methyl sites for hydroxylation is 2. The number of aromatic nitrogens is 1. The molecule has 0 saturated carbocycles. The minimum atomic E-state index is -0.677. The van der Waals surface area contributed by atoms with Crippen molar-refractivity contribution in [2.75, 3.05) is 4.90 Å². The maximum Gasteiger partial charge on any atom is 0.305 e. The molecule has 0 bridgehead atoms. The monoisotopic (exact) mass is 606 g/mol. The molecule has 6 nitrogen and oxygen atoms in total. The van der Waals surface area contributed by atoms with Gasteiger partial charge >= 0.3 is 4.87 Å². The Morgan fingerprint density at radius 2 is 1.74 bits per heavy atom. The van der Waals surface area contributed by atoms with Crippen LogP contribution >= 0.6 is 39.0 Å². The first-order valence-electron chi connectivity index (χ1n) is 12.1. The van der Waals surface area contributed by atoms with E-state index in [2.05, 4.69) is 27.0 Å². The Labute approximate surface area is 236 Å². The second-order valence-corrected chi connectivity index (χ2v) is 12.6. The molecule has 0 spiro atoms. The van der Waals surface area contributed by atoms with E-state index in [0.717, 1.165) is 42.9 Å². The van der Waals surface area contributed by atoms with Gasteiger partial charge in [-0.3, -0.25) is 14.4 Å². The van der Waals surface area contributed by atoms with Crippen LogP contribution in [-0.2, 0) is 16.2 Å². The third-order valence-electron chi connectivity index (χ3n) is 6.90. The molecule has 1 saturated heterocycles. The number of imide groups is 1. The molecule has 2 aliphatic heterocycles. The molecule has 9 heteroatoms. The predicted molar refractivity (Wildman–Crippen MR) is 153 cm³/mol. The van der Waals surface area contributed by atoms with Crippen molar-refractivity contribution in [1.29, 1.82) is 0 Å². The van der Waals surface area contributed by atoms with Crippen molar-refractivity contribution >= 4 is 56.5 Å². The number of ether oxygens (including phenoxy) is 1. The fourth-order valence-corrected chi connectivity index (χ4v) is 8.04. The van der Waals surface area contributed by atoms with Gasteiger partial charge in [0, 0.05) is 20.8 Å². The highest BCUT2D eigenvalue weighted by molar-refractivity contribution is 9.10. The largest absolute Gasteiger partial charge is 0.489 e. The number of aromatic amines is 1. The van der Waals surface area contributed by atoms with Crippen LogP contribution in [0, 0.1) is 19.8 Å². The van der Waals surface area contributed by atoms with Crippen LogP contribution in [0.25, 0.3) is 0 Å². The van der Waals surface area contributed by atoms with Gasteiger partial charge in [0.15, 0.2) is 0 Å². The van der Waals surface area contributed by atoms with Gasteiger partial charge in [0.25, 0.3) is 0 Å². The van der Waals surface area contributed by atoms with E-state index in [9.17, 15) is 14.4 Å². The summed E-state index contributed by atoms with van der Waals surface area (Å²) >= 11 is 5.94. The molecule has 0 aliphatic carbocycles. The average Bonchev–Trinajstić information content (AvgIpc) is 3.38. The maximum atomic E-state index is 14.0. The van der Waals surface area contributed by atoms with Gasteiger partial charge < -0.3 is 9.72 Å². The lowest BCUT2D eigenvalue weighted by atomic mass is 9.82. The highest BCUT2D eigenvalue weighted by Gasteiger charge is 2.56. The van der Waals surface area contributed by atoms with Crippen molar-refractivity contribution < 1.29 is 14.3 Å². The summed E-state index contributed by atoms with van der Waals surface area (Å²) in [6.07, 6.45) is 0. The number of nitrogens with zero attached hydrogens (tertiary/aromatic N) is 1. The molecule has 2 aliphatic rings. The van der Waals surface area contributed by atoms with Crippen LogP contribution in [0.5, 0.6) is 5.75 Å². The molecule has 6 rings (SSSR count). The van der Waals surface area contributed by atoms with Crippen LogP contribution in [0.4, 0.5) is 5.69 Å². The highest BCUT2D eigenvalue weighted by Crippen LogP contribution is 2.54. The van der Waals surface area contributed by atoms with Gasteiger partial charge in [0.05, 0.1) is 16.6 Å². The van der Waals surface area contributed by atoms with Gasteiger partial charge in [-0.25, -0.2) is 4.90 Å². The zero-order chi connectivity index (χ0) is 26.6. The number of nitrogens with one attached hydrogen (secondary N) is 1. The van der Waals surface area contributed by atoms with E-state index in [-0.39, 0.29) is 16.7 Å². The number of rotatable bonds is 5. The minimum absolute atomic E-state index is 0.208. The van der Waals surface area contributed by atoms with Crippen molar-refractivity contribution in [3.05, 3.63) is 108 Å². The first-order chi connectivity index (χ1) is 18.3. The van der Waals surface area contributed by atoms with Crippen molar-refractivity contribution in [2.24, 2.45) is 5.92 Å². The number of hydrogen-bond donors (Lipinski definition) is 1. The number of thioether (sulfide) groups is 1. The van der Waals surface area contributed by atoms with Crippen molar-refractivity contribution in [2.45, 2.75) is 36.6 Å². The van der Waals surface area contributed by atoms with Gasteiger partial charge in [-0.1, -0.05) is 86.6 Å². The van der Waals surface area contributed by atoms with Gasteiger partial charge in [0.1, 0.15) is 17.6 Å². The number of thiazole rings is 1. The van der Waals surface area contributed by atoms with Crippen molar-refractivity contribution in [3.63, 3.8) is 0 Å². The third kappa shape index (κ3) is 4.42. The molecule has 4 aromatic rings. The van der Waals surface area contributed by atoms with Gasteiger partial charge in [0.2, 0.25) is 11.8 Å². The van der Waals surface area contributed by atoms with Crippen LogP contribution in [0.3, 0.4) is 0 Å². The Bertz CT molecular complexity index is 1630. The van der Waals surface area contributed by atoms with Crippen LogP contribution < -0.4 is 14.5 Å². The molecule has 192 valence electrons. The van der Waals surface area contributed by atoms with Gasteiger partial charge in [-0.2, -0.15) is 0 Å². The van der Waals surface area contributed by atoms with Crippen LogP contribution in [0.2, 0.25) is 0 Å². The fraction of sp³-hybridized carbons (Fsp3) is 0.207. The molecule has 38 heavy (non-hydrogen) atoms. The van der Waals surface area contributed by atoms with E-state index in [1.54, 1.807) is 12.1 Å². The highest BCUT2D eigenvalue weighted by atomic mass is 79.9. The van der Waals surface area contributed by atoms with E-state index < -0.39 is 17.1 Å². The average molecular weight is 608 g/mol. The van der Waals surface area contributed by atoms with Crippen LogP contribution in [-0.4, -0.2) is 22.0 Å². The van der Waals surface area contributed by atoms with Crippen molar-refractivity contribution in [3.8, 4) is 5.75 Å². The predicted octanol–water partition coefficient (Wildman–Crippen LogP) is 6.19. The van der Waals surface area contributed by atoms with E-state index in [1.165, 1.54) is 16.7 Å². The molecule has 1 N–H and O–H groups in total. The number of carbonyl (C=O) groups excluding carboxylic acids is 2. The lowest BCUT2D eigenvalue weighted by molar-refractivity contribution is -0.122. The summed E-state index contributed by atoms with van der Waals surface area (Å²) in [5, 5.41) is -0.0158. The number of H-pyrrole nitrogens is 1. The maximum absolute atomic E-state index is 14.0. The first kappa shape index (κ1) is 25.2. The standard InChI is InChI=1S/C29H23BrN2O4S2/c1-15-6-9-19(10-7-15)32-27(33)23-22(24-26(31-29(35)38-24)37-25(23)28(32)34)20-13-18(30)8-11-21(20)36-14-17-5-3-4-16(2)12-17/h3-13,22-23,25H,14H2,1-2H3,(H,31,35)/t22-,23-,25+/m0/s1. The summed E-state index contributed by atoms with van der Waals surface area (Å²) in [6, 6.07) is 21.2. The Hall–Kier alpha value is -3.14. The Kier molecular flexibility index (Phi) is 6.53. The topological polar surface area (TPSA) is 79.5 Å². The quantitative estimate of drug-likeness (QED) is 0.274. The molecule has 1 fully saturated rings. The molecule has 3 atom stereocenters. The molecular weight excluding hydrogens is 584 g/mol. The SMILES string of the molecule is Cc1ccc(N2C(=O)[C@H]3[C@H](c4cc(Br)ccc4OCc4cccc(C)c4)c4sc(=O)[nH]c4S[C@H]3C2=O)cc1. The summed E-state index contributed by atoms with van der Waals surface area (Å²) in [6.45, 7) is 4.35. The van der Waals surface area contributed by atoms with E-state index in [1.807, 2.05) is 62.4 Å². The van der Waals surface area contributed by atoms with E-state index >= 15 is 0 Å². The van der Waals surface area contributed by atoms with Crippen molar-refractivity contribution in [1.82, 2.24) is 4.98 Å². The first-order valence-corrected chi connectivity index (χ1v) is 14.6. The third-order valence-corrected chi connectivity index (χ3v) is 9.79. The molecule has 0 unspecified atom stereocenters. The number of fused-ring (bicyclic) bond motifs is 2. The number of halogens is 1. The normalized spacial score (nSPS) is 20.4.